The van der Waals surface area contributed by atoms with Gasteiger partial charge in [0.25, 0.3) is 35.4 Å². The second-order valence-electron chi connectivity index (χ2n) is 23.3. The number of aryl methyl sites for hydroxylation is 2. The molecule has 0 unspecified atom stereocenters. The second kappa shape index (κ2) is 20.0. The van der Waals surface area contributed by atoms with Gasteiger partial charge in [0.1, 0.15) is 0 Å². The van der Waals surface area contributed by atoms with E-state index in [1.165, 1.54) is 32.1 Å². The number of nitrogens with one attached hydrogen (secondary N) is 2. The largest absolute Gasteiger partial charge is 0.322 e. The first kappa shape index (κ1) is 53.2. The first-order valence-corrected chi connectivity index (χ1v) is 27.3. The molecule has 396 valence electrons. The number of imide groups is 2. The minimum Gasteiger partial charge on any atom is -0.322 e. The molecule has 2 aliphatic heterocycles. The van der Waals surface area contributed by atoms with E-state index in [0.717, 1.165) is 79.4 Å². The molecule has 0 saturated heterocycles. The highest BCUT2D eigenvalue weighted by molar-refractivity contribution is 6.37. The van der Waals surface area contributed by atoms with E-state index in [-0.39, 0.29) is 65.0 Å². The fourth-order valence-electron chi connectivity index (χ4n) is 11.7. The lowest BCUT2D eigenvalue weighted by Crippen LogP contribution is -2.32. The maximum atomic E-state index is 14.5. The predicted molar refractivity (Wildman–Crippen MR) is 318 cm³/mol. The monoisotopic (exact) mass is 1040 g/mol. The topological polar surface area (TPSA) is 133 Å². The van der Waals surface area contributed by atoms with Gasteiger partial charge in [-0.05, 0) is 220 Å². The number of benzene rings is 7. The number of fused-ring (bicyclic) bond motifs is 6. The lowest BCUT2D eigenvalue weighted by molar-refractivity contribution is -0.113. The van der Waals surface area contributed by atoms with E-state index >= 15 is 0 Å². The Labute approximate surface area is 457 Å². The number of nitrogens with zero attached hydrogens (tertiary/aromatic N) is 2. The summed E-state index contributed by atoms with van der Waals surface area (Å²) in [6.07, 6.45) is 4.89. The summed E-state index contributed by atoms with van der Waals surface area (Å²) < 4.78 is 0. The van der Waals surface area contributed by atoms with Crippen LogP contribution in [0.4, 0.5) is 22.7 Å². The number of carbonyl (C=O) groups excluding carboxylic acids is 6. The SMILES string of the molecule is C=C(C)C(=O)Nc1cc(C(C)C)c(N2C(=O)c3cc4cc5c(cc4cc3C2=O)C[C@H](CCc2cc3cc4cc6c(cc4cc3cc2C)C(=O)N(c2c(C(C)C)cc(NC(=O)C(=C)C)cc2C(C)C)C6=O)C(C)=C5)c(C(C)C)c1. The van der Waals surface area contributed by atoms with Gasteiger partial charge in [-0.15, -0.1) is 0 Å². The van der Waals surface area contributed by atoms with Crippen LogP contribution in [0.25, 0.3) is 38.4 Å². The fourth-order valence-corrected chi connectivity index (χ4v) is 11.7. The third-order valence-corrected chi connectivity index (χ3v) is 16.2. The quantitative estimate of drug-likeness (QED) is 0.0671. The van der Waals surface area contributed by atoms with E-state index in [0.29, 0.717) is 56.1 Å². The van der Waals surface area contributed by atoms with E-state index in [2.05, 4.69) is 80.1 Å². The molecule has 3 aliphatic rings. The molecule has 0 fully saturated rings. The van der Waals surface area contributed by atoms with Gasteiger partial charge in [0.2, 0.25) is 0 Å². The summed E-state index contributed by atoms with van der Waals surface area (Å²) in [5.74, 6) is -1.95. The van der Waals surface area contributed by atoms with Gasteiger partial charge in [-0.25, -0.2) is 9.80 Å². The molecule has 0 saturated carbocycles. The third-order valence-electron chi connectivity index (χ3n) is 16.2. The van der Waals surface area contributed by atoms with Crippen molar-refractivity contribution in [2.45, 2.75) is 126 Å². The van der Waals surface area contributed by atoms with Crippen LogP contribution in [-0.2, 0) is 22.4 Å². The summed E-state index contributed by atoms with van der Waals surface area (Å²) in [7, 11) is 0. The molecule has 1 atom stereocenters. The Morgan fingerprint density at radius 2 is 0.872 bits per heavy atom. The van der Waals surface area contributed by atoms with Gasteiger partial charge in [-0.3, -0.25) is 28.8 Å². The summed E-state index contributed by atoms with van der Waals surface area (Å²) >= 11 is 0. The molecule has 10 nitrogen and oxygen atoms in total. The zero-order valence-corrected chi connectivity index (χ0v) is 46.9. The smallest absolute Gasteiger partial charge is 0.266 e. The van der Waals surface area contributed by atoms with Crippen LogP contribution in [0, 0.1) is 12.8 Å². The number of carbonyl (C=O) groups is 6. The molecular formula is C68H68N4O6. The van der Waals surface area contributed by atoms with Crippen molar-refractivity contribution in [2.24, 2.45) is 5.92 Å². The average molecular weight is 1040 g/mol. The Bertz CT molecular complexity index is 3850. The summed E-state index contributed by atoms with van der Waals surface area (Å²) in [6.45, 7) is 31.4. The Morgan fingerprint density at radius 1 is 0.513 bits per heavy atom. The van der Waals surface area contributed by atoms with Crippen molar-refractivity contribution in [3.63, 3.8) is 0 Å². The maximum absolute atomic E-state index is 14.5. The molecule has 10 rings (SSSR count). The third kappa shape index (κ3) is 9.24. The molecule has 0 bridgehead atoms. The second-order valence-corrected chi connectivity index (χ2v) is 23.3. The van der Waals surface area contributed by atoms with Gasteiger partial charge >= 0.3 is 0 Å². The molecular weight excluding hydrogens is 969 g/mol. The molecule has 2 N–H and O–H groups in total. The number of hydrogen-bond acceptors (Lipinski definition) is 6. The Morgan fingerprint density at radius 3 is 1.26 bits per heavy atom. The van der Waals surface area contributed by atoms with Crippen LogP contribution in [0.5, 0.6) is 0 Å². The lowest BCUT2D eigenvalue weighted by Gasteiger charge is -2.26. The number of hydrogen-bond donors (Lipinski definition) is 2. The first-order valence-electron chi connectivity index (χ1n) is 27.3. The average Bonchev–Trinajstić information content (AvgIpc) is 3.98. The molecule has 1 aliphatic carbocycles. The minimum atomic E-state index is -0.361. The van der Waals surface area contributed by atoms with Gasteiger partial charge < -0.3 is 10.6 Å². The van der Waals surface area contributed by atoms with Crippen LogP contribution >= 0.6 is 0 Å². The van der Waals surface area contributed by atoms with Crippen molar-refractivity contribution < 1.29 is 28.8 Å². The van der Waals surface area contributed by atoms with Crippen LogP contribution < -0.4 is 20.4 Å². The fraction of sp³-hybridized carbons (Fsp3) is 0.294. The highest BCUT2D eigenvalue weighted by atomic mass is 16.2. The van der Waals surface area contributed by atoms with E-state index in [9.17, 15) is 28.8 Å². The maximum Gasteiger partial charge on any atom is 0.266 e. The van der Waals surface area contributed by atoms with E-state index in [1.807, 2.05) is 104 Å². The van der Waals surface area contributed by atoms with Crippen LogP contribution in [0.1, 0.15) is 192 Å². The van der Waals surface area contributed by atoms with Gasteiger partial charge in [0.05, 0.1) is 33.6 Å². The molecule has 7 aromatic rings. The summed E-state index contributed by atoms with van der Waals surface area (Å²) in [5, 5.41) is 11.6. The van der Waals surface area contributed by atoms with Crippen LogP contribution in [0.2, 0.25) is 0 Å². The van der Waals surface area contributed by atoms with Gasteiger partial charge in [-0.1, -0.05) is 98.4 Å². The van der Waals surface area contributed by atoms with Crippen LogP contribution in [-0.4, -0.2) is 35.4 Å². The Balaban J connectivity index is 0.904. The van der Waals surface area contributed by atoms with Gasteiger partial charge in [0.15, 0.2) is 0 Å². The molecule has 0 radical (unpaired) electrons. The van der Waals surface area contributed by atoms with E-state index in [1.54, 1.807) is 13.8 Å². The number of anilines is 4. The van der Waals surface area contributed by atoms with Gasteiger partial charge in [0, 0.05) is 22.5 Å². The summed E-state index contributed by atoms with van der Waals surface area (Å²) in [4.78, 5) is 86.0. The minimum absolute atomic E-state index is 0.0564. The first-order chi connectivity index (χ1) is 36.9. The molecule has 2 heterocycles. The lowest BCUT2D eigenvalue weighted by atomic mass is 9.79. The van der Waals surface area contributed by atoms with Crippen molar-refractivity contribution in [3.05, 3.63) is 182 Å². The molecule has 0 aromatic heterocycles. The number of allylic oxidation sites excluding steroid dienone is 1. The highest BCUT2D eigenvalue weighted by Crippen LogP contribution is 2.45. The van der Waals surface area contributed by atoms with Crippen molar-refractivity contribution in [1.29, 1.82) is 0 Å². The summed E-state index contributed by atoms with van der Waals surface area (Å²) in [6, 6.07) is 28.0. The van der Waals surface area contributed by atoms with E-state index in [4.69, 9.17) is 0 Å². The van der Waals surface area contributed by atoms with Crippen LogP contribution in [0.15, 0.2) is 115 Å². The van der Waals surface area contributed by atoms with E-state index < -0.39 is 0 Å². The highest BCUT2D eigenvalue weighted by Gasteiger charge is 2.42. The predicted octanol–water partition coefficient (Wildman–Crippen LogP) is 15.8. The molecule has 6 amide bonds. The zero-order chi connectivity index (χ0) is 56.1. The summed E-state index contributed by atoms with van der Waals surface area (Å²) in [5.41, 5.74) is 13.9. The van der Waals surface area contributed by atoms with Crippen molar-refractivity contribution in [2.75, 3.05) is 20.4 Å². The number of amides is 6. The molecule has 10 heteroatoms. The number of rotatable bonds is 13. The van der Waals surface area contributed by atoms with Crippen LogP contribution in [0.3, 0.4) is 0 Å². The normalized spacial score (nSPS) is 15.1. The zero-order valence-electron chi connectivity index (χ0n) is 46.9. The van der Waals surface area contributed by atoms with Crippen molar-refractivity contribution in [3.8, 4) is 0 Å². The molecule has 0 spiro atoms. The molecule has 7 aromatic carbocycles. The van der Waals surface area contributed by atoms with Crippen molar-refractivity contribution >= 4 is 96.6 Å². The Kier molecular flexibility index (Phi) is 13.6. The van der Waals surface area contributed by atoms with Crippen molar-refractivity contribution in [1.82, 2.24) is 0 Å². The Hall–Kier alpha value is -8.24. The standard InChI is InChI=1S/C68H68N4O6/c1-33(2)53-29-51(69-63(73)37(9)10)30-54(34(3)4)61(53)71-65(75)57-25-47-21-43-17-39(13)41(19-45(43)23-49(47)27-59(57)67(71)77)15-16-42-20-46-24-50-28-60-58(26-48(50)22-44(46)18-40(42)14)66(76)72(68(60)78)62-55(35(5)6)31-52(32-56(62)36(7)8)70-64(74)38(11)12/h17-19,21-36,42H,9,11,15-16,20H2,1-8,10,12-14H3,(H,69,73)(H,70,74)/t42-/m0/s1. The molecule has 78 heavy (non-hydrogen) atoms. The van der Waals surface area contributed by atoms with Gasteiger partial charge in [-0.2, -0.15) is 0 Å².